The molecule has 0 bridgehead atoms. The predicted molar refractivity (Wildman–Crippen MR) is 116 cm³/mol. The van der Waals surface area contributed by atoms with Crippen LogP contribution in [0.2, 0.25) is 0 Å². The number of nitrogens with one attached hydrogen (secondary N) is 2. The summed E-state index contributed by atoms with van der Waals surface area (Å²) >= 11 is 0. The molecule has 1 aliphatic heterocycles. The van der Waals surface area contributed by atoms with Gasteiger partial charge in [-0.25, -0.2) is 8.42 Å². The molecular weight excluding hydrogens is 418 g/mol. The van der Waals surface area contributed by atoms with Crippen LogP contribution in [0, 0.1) is 13.8 Å². The lowest BCUT2D eigenvalue weighted by Crippen LogP contribution is -2.41. The van der Waals surface area contributed by atoms with E-state index in [1.165, 1.54) is 4.31 Å². The van der Waals surface area contributed by atoms with Crippen LogP contribution in [0.1, 0.15) is 33.5 Å². The number of hydrazine groups is 1. The monoisotopic (exact) mass is 445 g/mol. The van der Waals surface area contributed by atoms with Crippen LogP contribution in [0.5, 0.6) is 0 Å². The first-order valence-electron chi connectivity index (χ1n) is 10.1. The topological polar surface area (TPSA) is 105 Å². The van der Waals surface area contributed by atoms with Gasteiger partial charge in [0.15, 0.2) is 0 Å². The lowest BCUT2D eigenvalue weighted by Gasteiger charge is -2.26. The molecule has 0 unspecified atom stereocenters. The molecule has 166 valence electrons. The van der Waals surface area contributed by atoms with E-state index in [1.54, 1.807) is 36.4 Å². The summed E-state index contributed by atoms with van der Waals surface area (Å²) in [5, 5.41) is 0. The van der Waals surface area contributed by atoms with Crippen LogP contribution in [0.15, 0.2) is 47.4 Å². The quantitative estimate of drug-likeness (QED) is 0.659. The number of hydrogen-bond acceptors (Lipinski definition) is 5. The van der Waals surface area contributed by atoms with Crippen LogP contribution >= 0.6 is 0 Å². The number of carbonyl (C=O) groups excluding carboxylic acids is 2. The number of rotatable bonds is 6. The Morgan fingerprint density at radius 2 is 1.58 bits per heavy atom. The first-order chi connectivity index (χ1) is 14.8. The lowest BCUT2D eigenvalue weighted by atomic mass is 10.1. The fourth-order valence-electron chi connectivity index (χ4n) is 3.39. The third kappa shape index (κ3) is 6.13. The molecule has 1 aliphatic rings. The van der Waals surface area contributed by atoms with Crippen LogP contribution in [0.4, 0.5) is 0 Å². The Kier molecular flexibility index (Phi) is 7.42. The van der Waals surface area contributed by atoms with Gasteiger partial charge in [-0.2, -0.15) is 4.31 Å². The van der Waals surface area contributed by atoms with Crippen molar-refractivity contribution in [3.63, 3.8) is 0 Å². The van der Waals surface area contributed by atoms with E-state index in [2.05, 4.69) is 10.9 Å². The Hall–Kier alpha value is -2.75. The van der Waals surface area contributed by atoms with Gasteiger partial charge in [0.25, 0.3) is 5.91 Å². The SMILES string of the molecule is Cc1cc(C)cc(C(=O)NNC(=O)CCc2ccc(S(=O)(=O)N3CCOCC3)cc2)c1. The Balaban J connectivity index is 1.49. The zero-order valence-corrected chi connectivity index (χ0v) is 18.5. The van der Waals surface area contributed by atoms with Crippen molar-refractivity contribution in [3.05, 3.63) is 64.7 Å². The zero-order chi connectivity index (χ0) is 22.4. The van der Waals surface area contributed by atoms with Crippen molar-refractivity contribution in [2.45, 2.75) is 31.6 Å². The first kappa shape index (κ1) is 22.9. The van der Waals surface area contributed by atoms with Crippen LogP contribution < -0.4 is 10.9 Å². The van der Waals surface area contributed by atoms with Crippen LogP contribution in [0.3, 0.4) is 0 Å². The highest BCUT2D eigenvalue weighted by Crippen LogP contribution is 2.18. The van der Waals surface area contributed by atoms with E-state index in [4.69, 9.17) is 4.74 Å². The summed E-state index contributed by atoms with van der Waals surface area (Å²) < 4.78 is 31.9. The van der Waals surface area contributed by atoms with Crippen LogP contribution in [-0.2, 0) is 26.0 Å². The molecule has 0 aromatic heterocycles. The lowest BCUT2D eigenvalue weighted by molar-refractivity contribution is -0.121. The van der Waals surface area contributed by atoms with Crippen molar-refractivity contribution >= 4 is 21.8 Å². The Morgan fingerprint density at radius 1 is 0.968 bits per heavy atom. The molecule has 0 aliphatic carbocycles. The molecule has 2 aromatic carbocycles. The molecule has 0 saturated carbocycles. The van der Waals surface area contributed by atoms with E-state index in [1.807, 2.05) is 19.9 Å². The number of sulfonamides is 1. The van der Waals surface area contributed by atoms with Crippen molar-refractivity contribution in [2.24, 2.45) is 0 Å². The number of amides is 2. The van der Waals surface area contributed by atoms with Gasteiger partial charge in [0.1, 0.15) is 0 Å². The molecule has 8 nitrogen and oxygen atoms in total. The first-order valence-corrected chi connectivity index (χ1v) is 11.5. The van der Waals surface area contributed by atoms with E-state index in [0.717, 1.165) is 16.7 Å². The van der Waals surface area contributed by atoms with Crippen molar-refractivity contribution in [1.29, 1.82) is 0 Å². The third-order valence-corrected chi connectivity index (χ3v) is 6.88. The zero-order valence-electron chi connectivity index (χ0n) is 17.7. The summed E-state index contributed by atoms with van der Waals surface area (Å²) in [4.78, 5) is 24.5. The molecule has 1 heterocycles. The number of ether oxygens (including phenoxy) is 1. The average molecular weight is 446 g/mol. The molecule has 1 saturated heterocycles. The van der Waals surface area contributed by atoms with Crippen LogP contribution in [0.25, 0.3) is 0 Å². The standard InChI is InChI=1S/C22H27N3O5S/c1-16-13-17(2)15-19(14-16)22(27)24-23-21(26)8-5-18-3-6-20(7-4-18)31(28,29)25-9-11-30-12-10-25/h3-4,6-7,13-15H,5,8-12H2,1-2H3,(H,23,26)(H,24,27). The summed E-state index contributed by atoms with van der Waals surface area (Å²) in [5.41, 5.74) is 8.09. The number of aryl methyl sites for hydroxylation is 3. The maximum Gasteiger partial charge on any atom is 0.269 e. The second kappa shape index (κ2) is 10.0. The third-order valence-electron chi connectivity index (χ3n) is 4.97. The molecule has 9 heteroatoms. The molecule has 0 atom stereocenters. The van der Waals surface area contributed by atoms with Gasteiger partial charge in [0.05, 0.1) is 18.1 Å². The van der Waals surface area contributed by atoms with Crippen molar-refractivity contribution in [2.75, 3.05) is 26.3 Å². The minimum absolute atomic E-state index is 0.155. The number of nitrogens with zero attached hydrogens (tertiary/aromatic N) is 1. The minimum Gasteiger partial charge on any atom is -0.379 e. The summed E-state index contributed by atoms with van der Waals surface area (Å²) in [6, 6.07) is 12.0. The van der Waals surface area contributed by atoms with E-state index >= 15 is 0 Å². The van der Waals surface area contributed by atoms with Gasteiger partial charge < -0.3 is 4.74 Å². The molecule has 2 amide bonds. The number of benzene rings is 2. The van der Waals surface area contributed by atoms with Gasteiger partial charge in [-0.3, -0.25) is 20.4 Å². The Bertz CT molecular complexity index is 1030. The number of carbonyl (C=O) groups is 2. The van der Waals surface area contributed by atoms with E-state index in [9.17, 15) is 18.0 Å². The highest BCUT2D eigenvalue weighted by Gasteiger charge is 2.26. The molecular formula is C22H27N3O5S. The van der Waals surface area contributed by atoms with Gasteiger partial charge >= 0.3 is 0 Å². The molecule has 2 aromatic rings. The smallest absolute Gasteiger partial charge is 0.269 e. The van der Waals surface area contributed by atoms with Gasteiger partial charge in [-0.05, 0) is 50.1 Å². The van der Waals surface area contributed by atoms with Gasteiger partial charge in [0.2, 0.25) is 15.9 Å². The van der Waals surface area contributed by atoms with E-state index in [0.29, 0.717) is 38.3 Å². The molecule has 31 heavy (non-hydrogen) atoms. The number of hydrogen-bond donors (Lipinski definition) is 2. The second-order valence-corrected chi connectivity index (χ2v) is 9.48. The summed E-state index contributed by atoms with van der Waals surface area (Å²) in [6.45, 7) is 5.29. The van der Waals surface area contributed by atoms with Gasteiger partial charge in [0, 0.05) is 25.1 Å². The molecule has 2 N–H and O–H groups in total. The molecule has 3 rings (SSSR count). The average Bonchev–Trinajstić information content (AvgIpc) is 2.76. The largest absolute Gasteiger partial charge is 0.379 e. The van der Waals surface area contributed by atoms with Crippen molar-refractivity contribution < 1.29 is 22.7 Å². The maximum atomic E-state index is 12.6. The number of morpholine rings is 1. The molecule has 0 radical (unpaired) electrons. The van der Waals surface area contributed by atoms with Crippen LogP contribution in [-0.4, -0.2) is 50.8 Å². The van der Waals surface area contributed by atoms with Crippen molar-refractivity contribution in [3.8, 4) is 0 Å². The second-order valence-electron chi connectivity index (χ2n) is 7.54. The van der Waals surface area contributed by atoms with Gasteiger partial charge in [-0.15, -0.1) is 0 Å². The highest BCUT2D eigenvalue weighted by atomic mass is 32.2. The minimum atomic E-state index is -3.53. The normalized spacial score (nSPS) is 14.8. The van der Waals surface area contributed by atoms with Crippen molar-refractivity contribution in [1.82, 2.24) is 15.2 Å². The Morgan fingerprint density at radius 3 is 2.19 bits per heavy atom. The van der Waals surface area contributed by atoms with Gasteiger partial charge in [-0.1, -0.05) is 29.3 Å². The molecule has 0 spiro atoms. The van der Waals surface area contributed by atoms with E-state index < -0.39 is 10.0 Å². The highest BCUT2D eigenvalue weighted by molar-refractivity contribution is 7.89. The molecule has 1 fully saturated rings. The van der Waals surface area contributed by atoms with E-state index in [-0.39, 0.29) is 23.1 Å². The summed E-state index contributed by atoms with van der Waals surface area (Å²) in [6.07, 6.45) is 0.575. The summed E-state index contributed by atoms with van der Waals surface area (Å²) in [7, 11) is -3.53. The fraction of sp³-hybridized carbons (Fsp3) is 0.364. The predicted octanol–water partition coefficient (Wildman–Crippen LogP) is 1.72. The Labute approximate surface area is 182 Å². The summed E-state index contributed by atoms with van der Waals surface area (Å²) in [5.74, 6) is -0.708. The maximum absolute atomic E-state index is 12.6. The fourth-order valence-corrected chi connectivity index (χ4v) is 4.80.